The van der Waals surface area contributed by atoms with Crippen molar-refractivity contribution in [2.24, 2.45) is 0 Å². The molecule has 0 aliphatic carbocycles. The zero-order chi connectivity index (χ0) is 14.4. The minimum atomic E-state index is -3.06. The van der Waals surface area contributed by atoms with Gasteiger partial charge in [0.25, 0.3) is 5.56 Å². The molecule has 4 N–H and O–H groups in total. The highest BCUT2D eigenvalue weighted by atomic mass is 127. The normalized spacial score (nSPS) is 34.7. The maximum Gasteiger partial charge on any atom is 0.332 e. The van der Waals surface area contributed by atoms with Crippen LogP contribution in [-0.2, 0) is 10.7 Å². The van der Waals surface area contributed by atoms with E-state index < -0.39 is 42.1 Å². The van der Waals surface area contributed by atoms with E-state index in [0.717, 1.165) is 6.20 Å². The first kappa shape index (κ1) is 14.6. The summed E-state index contributed by atoms with van der Waals surface area (Å²) >= 11 is 1.57. The maximum atomic E-state index is 14.6. The van der Waals surface area contributed by atoms with Crippen molar-refractivity contribution in [2.45, 2.75) is 24.3 Å². The van der Waals surface area contributed by atoms with Crippen LogP contribution in [0.3, 0.4) is 0 Å². The fourth-order valence-corrected chi connectivity index (χ4v) is 2.20. The minimum absolute atomic E-state index is 0.00744. The van der Waals surface area contributed by atoms with Crippen molar-refractivity contribution in [3.05, 3.63) is 30.6 Å². The summed E-state index contributed by atoms with van der Waals surface area (Å²) in [7, 11) is 0. The fourth-order valence-electron chi connectivity index (χ4n) is 1.78. The highest BCUT2D eigenvalue weighted by Gasteiger charge is 2.57. The van der Waals surface area contributed by atoms with E-state index in [0.29, 0.717) is 4.57 Å². The summed E-state index contributed by atoms with van der Waals surface area (Å²) in [6.45, 7) is -0.737. The minimum Gasteiger partial charge on any atom is -0.394 e. The van der Waals surface area contributed by atoms with Crippen LogP contribution in [0.4, 0.5) is 4.39 Å². The van der Waals surface area contributed by atoms with Crippen molar-refractivity contribution in [1.29, 1.82) is 0 Å². The molecule has 1 fully saturated rings. The lowest BCUT2D eigenvalue weighted by Gasteiger charge is -2.24. The van der Waals surface area contributed by atoms with Crippen LogP contribution in [0.2, 0.25) is 0 Å². The Morgan fingerprint density at radius 2 is 2.16 bits per heavy atom. The number of aromatic amines is 1. The van der Waals surface area contributed by atoms with Gasteiger partial charge < -0.3 is 20.1 Å². The Hall–Kier alpha value is -0.820. The van der Waals surface area contributed by atoms with E-state index >= 15 is 0 Å². The van der Waals surface area contributed by atoms with Crippen molar-refractivity contribution in [3.8, 4) is 0 Å². The Morgan fingerprint density at radius 3 is 2.68 bits per heavy atom. The van der Waals surface area contributed by atoms with Gasteiger partial charge in [-0.25, -0.2) is 9.36 Å². The fraction of sp³-hybridized carbons (Fsp3) is 0.556. The highest BCUT2D eigenvalue weighted by molar-refractivity contribution is 14.1. The Bertz CT molecular complexity index is 603. The number of halogens is 2. The second-order valence-corrected chi connectivity index (χ2v) is 5.15. The number of nitrogens with one attached hydrogen (secondary N) is 1. The van der Waals surface area contributed by atoms with E-state index in [2.05, 4.69) is 0 Å². The third-order valence-electron chi connectivity index (χ3n) is 2.79. The van der Waals surface area contributed by atoms with E-state index in [-0.39, 0.29) is 3.57 Å². The first-order valence-corrected chi connectivity index (χ1v) is 6.25. The quantitative estimate of drug-likeness (QED) is 0.428. The zero-order valence-corrected chi connectivity index (χ0v) is 11.4. The number of hydrogen-bond donors (Lipinski definition) is 4. The smallest absolute Gasteiger partial charge is 0.332 e. The molecular weight excluding hydrogens is 378 g/mol. The average Bonchev–Trinajstić information content (AvgIpc) is 2.59. The van der Waals surface area contributed by atoms with E-state index in [4.69, 9.17) is 9.84 Å². The van der Waals surface area contributed by atoms with Crippen molar-refractivity contribution < 1.29 is 24.4 Å². The standard InChI is InChI=1S/C9H10FIN2O6/c10-9(6(16)5(15)4(2-14)19-9)13-1-3(11)7(17)12-8(13)18/h1,4-6,14-16H,2H2,(H,12,17,18)/t4-,5-,6-,9+/m1/s1. The molecule has 0 spiro atoms. The lowest BCUT2D eigenvalue weighted by molar-refractivity contribution is -0.239. The number of nitrogens with zero attached hydrogens (tertiary/aromatic N) is 1. The monoisotopic (exact) mass is 388 g/mol. The molecule has 2 heterocycles. The van der Waals surface area contributed by atoms with Crippen molar-refractivity contribution in [1.82, 2.24) is 9.55 Å². The lowest BCUT2D eigenvalue weighted by atomic mass is 10.1. The third-order valence-corrected chi connectivity index (χ3v) is 3.56. The number of alkyl halides is 1. The molecule has 1 aliphatic rings. The molecule has 19 heavy (non-hydrogen) atoms. The summed E-state index contributed by atoms with van der Waals surface area (Å²) in [4.78, 5) is 24.6. The number of aliphatic hydroxyl groups is 3. The molecular formula is C9H10FIN2O6. The molecule has 0 amide bonds. The predicted molar refractivity (Wildman–Crippen MR) is 67.1 cm³/mol. The Kier molecular flexibility index (Phi) is 3.79. The SMILES string of the molecule is O=c1[nH]c(=O)n([C@]2(F)O[C@H](CO)[C@@H](O)[C@H]2O)cc1I. The Labute approximate surface area is 118 Å². The molecule has 8 nitrogen and oxygen atoms in total. The van der Waals surface area contributed by atoms with Crippen LogP contribution in [0.25, 0.3) is 0 Å². The summed E-state index contributed by atoms with van der Waals surface area (Å²) in [6.07, 6.45) is -4.30. The van der Waals surface area contributed by atoms with E-state index in [1.54, 1.807) is 22.6 Å². The average molecular weight is 388 g/mol. The van der Waals surface area contributed by atoms with Gasteiger partial charge in [0, 0.05) is 6.20 Å². The first-order chi connectivity index (χ1) is 8.81. The van der Waals surface area contributed by atoms with E-state index in [1.807, 2.05) is 4.98 Å². The number of rotatable bonds is 2. The molecule has 2 rings (SSSR count). The highest BCUT2D eigenvalue weighted by Crippen LogP contribution is 2.35. The van der Waals surface area contributed by atoms with Gasteiger partial charge in [-0.3, -0.25) is 9.78 Å². The summed E-state index contributed by atoms with van der Waals surface area (Å²) in [5.74, 6) is -3.06. The Morgan fingerprint density at radius 1 is 1.53 bits per heavy atom. The van der Waals surface area contributed by atoms with Gasteiger partial charge in [-0.2, -0.15) is 4.39 Å². The number of aromatic nitrogens is 2. The number of ether oxygens (including phenoxy) is 1. The third kappa shape index (κ3) is 2.23. The molecule has 1 saturated heterocycles. The van der Waals surface area contributed by atoms with Crippen LogP contribution in [0.5, 0.6) is 0 Å². The summed E-state index contributed by atoms with van der Waals surface area (Å²) < 4.78 is 19.6. The number of aliphatic hydroxyl groups excluding tert-OH is 3. The molecule has 4 atom stereocenters. The van der Waals surface area contributed by atoms with Gasteiger partial charge in [0.05, 0.1) is 10.2 Å². The van der Waals surface area contributed by atoms with Crippen LogP contribution in [0.1, 0.15) is 0 Å². The summed E-state index contributed by atoms with van der Waals surface area (Å²) in [5.41, 5.74) is -1.85. The van der Waals surface area contributed by atoms with Gasteiger partial charge in [0.1, 0.15) is 12.2 Å². The molecule has 0 aromatic carbocycles. The summed E-state index contributed by atoms with van der Waals surface area (Å²) in [6, 6.07) is 0. The number of hydrogen-bond acceptors (Lipinski definition) is 6. The largest absolute Gasteiger partial charge is 0.394 e. The van der Waals surface area contributed by atoms with E-state index in [9.17, 15) is 24.2 Å². The zero-order valence-electron chi connectivity index (χ0n) is 9.29. The molecule has 0 radical (unpaired) electrons. The van der Waals surface area contributed by atoms with Gasteiger partial charge in [-0.1, -0.05) is 0 Å². The Balaban J connectivity index is 2.55. The van der Waals surface area contributed by atoms with Crippen LogP contribution in [0, 0.1) is 3.57 Å². The van der Waals surface area contributed by atoms with Gasteiger partial charge in [-0.15, -0.1) is 0 Å². The molecule has 106 valence electrons. The lowest BCUT2D eigenvalue weighted by Crippen LogP contribution is -2.49. The van der Waals surface area contributed by atoms with Crippen LogP contribution in [-0.4, -0.2) is 49.8 Å². The first-order valence-electron chi connectivity index (χ1n) is 5.17. The topological polar surface area (TPSA) is 125 Å². The van der Waals surface area contributed by atoms with Gasteiger partial charge in [0.2, 0.25) is 0 Å². The van der Waals surface area contributed by atoms with Gasteiger partial charge in [-0.05, 0) is 22.6 Å². The van der Waals surface area contributed by atoms with Crippen molar-refractivity contribution in [3.63, 3.8) is 0 Å². The molecule has 10 heteroatoms. The van der Waals surface area contributed by atoms with Crippen molar-refractivity contribution >= 4 is 22.6 Å². The van der Waals surface area contributed by atoms with Crippen LogP contribution < -0.4 is 11.2 Å². The van der Waals surface area contributed by atoms with Crippen LogP contribution in [0.15, 0.2) is 15.8 Å². The maximum absolute atomic E-state index is 14.6. The second-order valence-electron chi connectivity index (χ2n) is 3.99. The van der Waals surface area contributed by atoms with Crippen LogP contribution >= 0.6 is 22.6 Å². The van der Waals surface area contributed by atoms with E-state index in [1.165, 1.54) is 0 Å². The molecule has 1 aromatic heterocycles. The van der Waals surface area contributed by atoms with Gasteiger partial charge >= 0.3 is 11.7 Å². The summed E-state index contributed by atoms with van der Waals surface area (Å²) in [5, 5.41) is 28.0. The van der Waals surface area contributed by atoms with Crippen molar-refractivity contribution in [2.75, 3.05) is 6.61 Å². The molecule has 0 unspecified atom stereocenters. The molecule has 0 saturated carbocycles. The molecule has 0 bridgehead atoms. The molecule has 1 aromatic rings. The molecule has 1 aliphatic heterocycles. The predicted octanol–water partition coefficient (Wildman–Crippen LogP) is -2.17. The number of H-pyrrole nitrogens is 1. The van der Waals surface area contributed by atoms with Gasteiger partial charge in [0.15, 0.2) is 6.10 Å². The second kappa shape index (κ2) is 4.94.